The van der Waals surface area contributed by atoms with Crippen LogP contribution in [0.25, 0.3) is 0 Å². The maximum Gasteiger partial charge on any atom is 0.181 e. The maximum atomic E-state index is 6.38. The fourth-order valence-corrected chi connectivity index (χ4v) is 5.22. The number of aromatic nitrogens is 4. The van der Waals surface area contributed by atoms with Gasteiger partial charge in [-0.05, 0) is 43.0 Å². The fraction of sp³-hybridized carbons (Fsp3) is 0.346. The van der Waals surface area contributed by atoms with E-state index in [9.17, 15) is 0 Å². The van der Waals surface area contributed by atoms with Gasteiger partial charge in [-0.15, -0.1) is 10.2 Å². The molecule has 1 atom stereocenters. The predicted octanol–water partition coefficient (Wildman–Crippen LogP) is 4.06. The second kappa shape index (κ2) is 8.83. The monoisotopic (exact) mass is 440 g/mol. The molecule has 6 rings (SSSR count). The van der Waals surface area contributed by atoms with Crippen molar-refractivity contribution in [1.29, 1.82) is 0 Å². The van der Waals surface area contributed by atoms with Gasteiger partial charge in [-0.3, -0.25) is 0 Å². The van der Waals surface area contributed by atoms with Crippen molar-refractivity contribution < 1.29 is 4.74 Å². The molecule has 1 N–H and O–H groups in total. The van der Waals surface area contributed by atoms with Crippen molar-refractivity contribution in [2.45, 2.75) is 37.6 Å². The zero-order valence-corrected chi connectivity index (χ0v) is 18.6. The van der Waals surface area contributed by atoms with Gasteiger partial charge in [0.25, 0.3) is 0 Å². The van der Waals surface area contributed by atoms with Crippen molar-refractivity contribution >= 4 is 5.69 Å². The van der Waals surface area contributed by atoms with Crippen LogP contribution in [0.5, 0.6) is 5.75 Å². The van der Waals surface area contributed by atoms with Gasteiger partial charge in [-0.2, -0.15) is 5.21 Å². The first-order valence-corrected chi connectivity index (χ1v) is 11.8. The molecule has 0 spiro atoms. The topological polar surface area (TPSA) is 70.2 Å². The largest absolute Gasteiger partial charge is 0.457 e. The van der Waals surface area contributed by atoms with Crippen molar-refractivity contribution in [1.82, 2.24) is 25.5 Å². The lowest BCUT2D eigenvalue weighted by molar-refractivity contribution is 0.212. The zero-order chi connectivity index (χ0) is 22.0. The molecule has 0 saturated carbocycles. The minimum atomic E-state index is 0.0782. The van der Waals surface area contributed by atoms with E-state index >= 15 is 0 Å². The highest BCUT2D eigenvalue weighted by atomic mass is 16.5. The second-order valence-electron chi connectivity index (χ2n) is 9.00. The number of likely N-dealkylation sites (tertiary alicyclic amines) is 1. The van der Waals surface area contributed by atoms with Gasteiger partial charge in [-0.25, -0.2) is 0 Å². The van der Waals surface area contributed by atoms with Crippen molar-refractivity contribution in [2.75, 3.05) is 24.5 Å². The molecule has 1 aromatic heterocycles. The molecule has 168 valence electrons. The van der Waals surface area contributed by atoms with Crippen LogP contribution in [0.2, 0.25) is 0 Å². The highest BCUT2D eigenvalue weighted by molar-refractivity contribution is 5.68. The number of aromatic amines is 1. The first-order valence-electron chi connectivity index (χ1n) is 11.8. The standard InChI is InChI=1S/C26H28N6O/c1-2-6-19(7-3-1)12-15-31-16-13-21(14-17-31)32-22-8-4-5-9-24(22)33-25-18-20(10-11-23(25)32)26-27-29-30-28-26/h1-11,20-21H,12-18H2,(H,27,28,29,30). The van der Waals surface area contributed by atoms with Gasteiger partial charge >= 0.3 is 0 Å². The van der Waals surface area contributed by atoms with Crippen molar-refractivity contribution in [3.8, 4) is 5.75 Å². The molecule has 3 heterocycles. The van der Waals surface area contributed by atoms with Crippen LogP contribution in [0.1, 0.15) is 36.6 Å². The summed E-state index contributed by atoms with van der Waals surface area (Å²) in [6.07, 6.45) is 8.51. The van der Waals surface area contributed by atoms with Gasteiger partial charge in [0.15, 0.2) is 11.6 Å². The van der Waals surface area contributed by atoms with E-state index in [4.69, 9.17) is 4.74 Å². The van der Waals surface area contributed by atoms with Gasteiger partial charge in [0.2, 0.25) is 0 Å². The molecule has 7 nitrogen and oxygen atoms in total. The Morgan fingerprint density at radius 1 is 1.00 bits per heavy atom. The molecule has 2 aliphatic heterocycles. The van der Waals surface area contributed by atoms with E-state index in [1.54, 1.807) is 0 Å². The van der Waals surface area contributed by atoms with E-state index in [-0.39, 0.29) is 5.92 Å². The van der Waals surface area contributed by atoms with E-state index < -0.39 is 0 Å². The van der Waals surface area contributed by atoms with Crippen LogP contribution in [0.3, 0.4) is 0 Å². The number of hydrogen-bond acceptors (Lipinski definition) is 6. The second-order valence-corrected chi connectivity index (χ2v) is 9.00. The Balaban J connectivity index is 1.19. The maximum absolute atomic E-state index is 6.38. The Hall–Kier alpha value is -3.45. The number of fused-ring (bicyclic) bond motifs is 1. The molecule has 7 heteroatoms. The van der Waals surface area contributed by atoms with Crippen molar-refractivity contribution in [3.05, 3.63) is 89.6 Å². The van der Waals surface area contributed by atoms with Gasteiger partial charge < -0.3 is 14.5 Å². The Kier molecular flexibility index (Phi) is 5.40. The number of allylic oxidation sites excluding steroid dienone is 3. The van der Waals surface area contributed by atoms with E-state index in [1.807, 2.05) is 6.07 Å². The van der Waals surface area contributed by atoms with Crippen LogP contribution >= 0.6 is 0 Å². The molecule has 33 heavy (non-hydrogen) atoms. The smallest absolute Gasteiger partial charge is 0.181 e. The minimum Gasteiger partial charge on any atom is -0.457 e. The van der Waals surface area contributed by atoms with E-state index in [0.29, 0.717) is 11.9 Å². The lowest BCUT2D eigenvalue weighted by Gasteiger charge is -2.44. The number of para-hydroxylation sites is 2. The third kappa shape index (κ3) is 4.04. The summed E-state index contributed by atoms with van der Waals surface area (Å²) in [5.41, 5.74) is 3.76. The van der Waals surface area contributed by atoms with Gasteiger partial charge in [0, 0.05) is 38.0 Å². The molecule has 0 radical (unpaired) electrons. The predicted molar refractivity (Wildman–Crippen MR) is 127 cm³/mol. The summed E-state index contributed by atoms with van der Waals surface area (Å²) in [5, 5.41) is 14.7. The third-order valence-corrected chi connectivity index (χ3v) is 6.97. The lowest BCUT2D eigenvalue weighted by Crippen LogP contribution is -2.46. The number of piperidine rings is 1. The van der Waals surface area contributed by atoms with E-state index in [1.165, 1.54) is 16.9 Å². The molecule has 1 aliphatic carbocycles. The molecule has 3 aromatic rings. The average molecular weight is 441 g/mol. The minimum absolute atomic E-state index is 0.0782. The summed E-state index contributed by atoms with van der Waals surface area (Å²) in [6, 6.07) is 19.7. The lowest BCUT2D eigenvalue weighted by atomic mass is 9.93. The SMILES string of the molecule is C1=CC(c2nn[nH]n2)CC2=C1N(C1CCN(CCc3ccccc3)CC1)c1ccccc1O2. The van der Waals surface area contributed by atoms with Gasteiger partial charge in [0.05, 0.1) is 11.4 Å². The Bertz CT molecular complexity index is 1150. The number of benzene rings is 2. The van der Waals surface area contributed by atoms with E-state index in [2.05, 4.69) is 91.1 Å². The summed E-state index contributed by atoms with van der Waals surface area (Å²) >= 11 is 0. The number of tetrazole rings is 1. The number of nitrogens with zero attached hydrogens (tertiary/aromatic N) is 5. The van der Waals surface area contributed by atoms with Crippen molar-refractivity contribution in [3.63, 3.8) is 0 Å². The molecular formula is C26H28N6O. The quantitative estimate of drug-likeness (QED) is 0.645. The van der Waals surface area contributed by atoms with Crippen molar-refractivity contribution in [2.24, 2.45) is 0 Å². The average Bonchev–Trinajstić information content (AvgIpc) is 3.42. The Morgan fingerprint density at radius 3 is 2.64 bits per heavy atom. The summed E-state index contributed by atoms with van der Waals surface area (Å²) < 4.78 is 6.38. The van der Waals surface area contributed by atoms with Crippen LogP contribution < -0.4 is 9.64 Å². The molecule has 0 bridgehead atoms. The third-order valence-electron chi connectivity index (χ3n) is 6.97. The Morgan fingerprint density at radius 2 is 1.82 bits per heavy atom. The van der Waals surface area contributed by atoms with E-state index in [0.717, 1.165) is 56.8 Å². The number of anilines is 1. The van der Waals surface area contributed by atoms with Crippen LogP contribution in [0, 0.1) is 0 Å². The number of H-pyrrole nitrogens is 1. The summed E-state index contributed by atoms with van der Waals surface area (Å²) in [4.78, 5) is 5.12. The number of nitrogens with one attached hydrogen (secondary N) is 1. The summed E-state index contributed by atoms with van der Waals surface area (Å²) in [5.74, 6) is 2.72. The highest BCUT2D eigenvalue weighted by Gasteiger charge is 2.35. The molecule has 1 unspecified atom stereocenters. The fourth-order valence-electron chi connectivity index (χ4n) is 5.22. The molecule has 3 aliphatic rings. The van der Waals surface area contributed by atoms with Gasteiger partial charge in [0.1, 0.15) is 5.76 Å². The number of rotatable bonds is 5. The number of hydrogen-bond donors (Lipinski definition) is 1. The van der Waals surface area contributed by atoms with Crippen LogP contribution in [0.15, 0.2) is 78.2 Å². The first-order chi connectivity index (χ1) is 16.3. The molecule has 1 saturated heterocycles. The normalized spacial score (nSPS) is 21.0. The zero-order valence-electron chi connectivity index (χ0n) is 18.6. The molecule has 1 fully saturated rings. The van der Waals surface area contributed by atoms with Crippen LogP contribution in [-0.4, -0.2) is 51.2 Å². The molecule has 2 aromatic carbocycles. The highest BCUT2D eigenvalue weighted by Crippen LogP contribution is 2.44. The first kappa shape index (κ1) is 20.2. The molecular weight excluding hydrogens is 412 g/mol. The summed E-state index contributed by atoms with van der Waals surface area (Å²) in [7, 11) is 0. The van der Waals surface area contributed by atoms with Gasteiger partial charge in [-0.1, -0.05) is 53.8 Å². The molecule has 0 amide bonds. The Labute approximate surface area is 193 Å². The summed E-state index contributed by atoms with van der Waals surface area (Å²) in [6.45, 7) is 3.36. The number of ether oxygens (including phenoxy) is 1. The van der Waals surface area contributed by atoms with Crippen LogP contribution in [-0.2, 0) is 6.42 Å². The van der Waals surface area contributed by atoms with Crippen LogP contribution in [0.4, 0.5) is 5.69 Å².